The van der Waals surface area contributed by atoms with Gasteiger partial charge in [0.1, 0.15) is 0 Å². The molecule has 3 heteroatoms. The molecule has 0 amide bonds. The second-order valence-electron chi connectivity index (χ2n) is 5.55. The molecule has 1 aliphatic heterocycles. The van der Waals surface area contributed by atoms with Crippen LogP contribution in [0.4, 0.5) is 0 Å². The average molecular weight is 241 g/mol. The van der Waals surface area contributed by atoms with Gasteiger partial charge in [-0.05, 0) is 58.9 Å². The van der Waals surface area contributed by atoms with Crippen molar-refractivity contribution in [1.82, 2.24) is 15.1 Å². The van der Waals surface area contributed by atoms with Crippen LogP contribution in [0.25, 0.3) is 0 Å². The van der Waals surface area contributed by atoms with E-state index in [1.54, 1.807) is 0 Å². The van der Waals surface area contributed by atoms with Crippen molar-refractivity contribution in [3.63, 3.8) is 0 Å². The highest BCUT2D eigenvalue weighted by molar-refractivity contribution is 4.74. The Morgan fingerprint density at radius 3 is 2.47 bits per heavy atom. The highest BCUT2D eigenvalue weighted by Gasteiger charge is 2.18. The third-order valence-corrected chi connectivity index (χ3v) is 4.20. The van der Waals surface area contributed by atoms with Gasteiger partial charge in [-0.25, -0.2) is 0 Å². The Morgan fingerprint density at radius 2 is 1.88 bits per heavy atom. The summed E-state index contributed by atoms with van der Waals surface area (Å²) in [5.74, 6) is 0.721. The zero-order valence-corrected chi connectivity index (χ0v) is 12.2. The van der Waals surface area contributed by atoms with E-state index in [0.29, 0.717) is 6.04 Å². The summed E-state index contributed by atoms with van der Waals surface area (Å²) >= 11 is 0. The first-order chi connectivity index (χ1) is 8.15. The molecule has 1 aliphatic rings. The lowest BCUT2D eigenvalue weighted by atomic mass is 10.0. The van der Waals surface area contributed by atoms with Crippen LogP contribution in [0.15, 0.2) is 0 Å². The van der Waals surface area contributed by atoms with Gasteiger partial charge in [0.25, 0.3) is 0 Å². The number of likely N-dealkylation sites (N-methyl/N-ethyl adjacent to an activating group) is 1. The van der Waals surface area contributed by atoms with Gasteiger partial charge in [-0.15, -0.1) is 0 Å². The minimum absolute atomic E-state index is 0.664. The molecule has 3 nitrogen and oxygen atoms in total. The van der Waals surface area contributed by atoms with E-state index < -0.39 is 0 Å². The normalized spacial score (nSPS) is 21.0. The zero-order valence-electron chi connectivity index (χ0n) is 12.2. The minimum atomic E-state index is 0.664. The molecule has 0 aromatic carbocycles. The monoisotopic (exact) mass is 241 g/mol. The van der Waals surface area contributed by atoms with Crippen LogP contribution in [-0.2, 0) is 0 Å². The predicted octanol–water partition coefficient (Wildman–Crippen LogP) is 1.65. The third kappa shape index (κ3) is 5.36. The molecule has 17 heavy (non-hydrogen) atoms. The van der Waals surface area contributed by atoms with E-state index in [2.05, 4.69) is 42.9 Å². The van der Waals surface area contributed by atoms with Crippen molar-refractivity contribution < 1.29 is 0 Å². The van der Waals surface area contributed by atoms with Crippen LogP contribution >= 0.6 is 0 Å². The summed E-state index contributed by atoms with van der Waals surface area (Å²) in [6.07, 6.45) is 2.80. The minimum Gasteiger partial charge on any atom is -0.317 e. The van der Waals surface area contributed by atoms with Crippen LogP contribution in [0, 0.1) is 5.92 Å². The van der Waals surface area contributed by atoms with E-state index in [1.165, 1.54) is 39.0 Å². The first-order valence-corrected chi connectivity index (χ1v) is 7.28. The SMILES string of the molecule is CCNCC(C)C(C)N(C)CCN1CCCC1. The van der Waals surface area contributed by atoms with Gasteiger partial charge in [0.05, 0.1) is 0 Å². The average Bonchev–Trinajstić information content (AvgIpc) is 2.85. The summed E-state index contributed by atoms with van der Waals surface area (Å²) in [6.45, 7) is 14.2. The molecule has 0 saturated carbocycles. The van der Waals surface area contributed by atoms with Gasteiger partial charge in [0.15, 0.2) is 0 Å². The van der Waals surface area contributed by atoms with Crippen molar-refractivity contribution in [2.24, 2.45) is 5.92 Å². The first kappa shape index (κ1) is 14.9. The second-order valence-corrected chi connectivity index (χ2v) is 5.55. The van der Waals surface area contributed by atoms with Crippen molar-refractivity contribution in [2.45, 2.75) is 39.7 Å². The predicted molar refractivity (Wildman–Crippen MR) is 75.5 cm³/mol. The Hall–Kier alpha value is -0.120. The summed E-state index contributed by atoms with van der Waals surface area (Å²) in [5.41, 5.74) is 0. The molecule has 1 rings (SSSR count). The fraction of sp³-hybridized carbons (Fsp3) is 1.00. The van der Waals surface area contributed by atoms with Crippen molar-refractivity contribution in [3.05, 3.63) is 0 Å². The van der Waals surface area contributed by atoms with Crippen LogP contribution in [0.2, 0.25) is 0 Å². The van der Waals surface area contributed by atoms with Crippen LogP contribution in [-0.4, -0.2) is 62.2 Å². The van der Waals surface area contributed by atoms with Gasteiger partial charge >= 0.3 is 0 Å². The van der Waals surface area contributed by atoms with Gasteiger partial charge in [-0.2, -0.15) is 0 Å². The lowest BCUT2D eigenvalue weighted by Crippen LogP contribution is -2.42. The van der Waals surface area contributed by atoms with Crippen LogP contribution in [0.5, 0.6) is 0 Å². The van der Waals surface area contributed by atoms with Crippen molar-refractivity contribution in [2.75, 3.05) is 46.3 Å². The number of nitrogens with one attached hydrogen (secondary N) is 1. The fourth-order valence-corrected chi connectivity index (χ4v) is 2.49. The number of hydrogen-bond acceptors (Lipinski definition) is 3. The number of rotatable bonds is 8. The lowest BCUT2D eigenvalue weighted by Gasteiger charge is -2.31. The molecule has 0 spiro atoms. The molecule has 1 N–H and O–H groups in total. The highest BCUT2D eigenvalue weighted by Crippen LogP contribution is 2.10. The number of hydrogen-bond donors (Lipinski definition) is 1. The Labute approximate surface area is 108 Å². The van der Waals surface area contributed by atoms with Crippen molar-refractivity contribution in [3.8, 4) is 0 Å². The summed E-state index contributed by atoms with van der Waals surface area (Å²) < 4.78 is 0. The second kappa shape index (κ2) is 8.06. The zero-order chi connectivity index (χ0) is 12.7. The Balaban J connectivity index is 2.17. The van der Waals surface area contributed by atoms with Gasteiger partial charge in [-0.1, -0.05) is 13.8 Å². The lowest BCUT2D eigenvalue weighted by molar-refractivity contribution is 0.173. The van der Waals surface area contributed by atoms with E-state index in [-0.39, 0.29) is 0 Å². The Kier molecular flexibility index (Phi) is 7.09. The summed E-state index contributed by atoms with van der Waals surface area (Å²) in [6, 6.07) is 0.664. The van der Waals surface area contributed by atoms with E-state index in [9.17, 15) is 0 Å². The molecule has 0 bridgehead atoms. The molecular weight excluding hydrogens is 210 g/mol. The van der Waals surface area contributed by atoms with E-state index in [4.69, 9.17) is 0 Å². The summed E-state index contributed by atoms with van der Waals surface area (Å²) in [7, 11) is 2.27. The van der Waals surface area contributed by atoms with E-state index in [1.807, 2.05) is 0 Å². The van der Waals surface area contributed by atoms with E-state index >= 15 is 0 Å². The Morgan fingerprint density at radius 1 is 1.24 bits per heavy atom. The topological polar surface area (TPSA) is 18.5 Å². The maximum Gasteiger partial charge on any atom is 0.0109 e. The van der Waals surface area contributed by atoms with Crippen molar-refractivity contribution >= 4 is 0 Å². The standard InChI is InChI=1S/C14H31N3/c1-5-15-12-13(2)14(3)16(4)10-11-17-8-6-7-9-17/h13-15H,5-12H2,1-4H3. The maximum absolute atomic E-state index is 3.44. The smallest absolute Gasteiger partial charge is 0.0109 e. The third-order valence-electron chi connectivity index (χ3n) is 4.20. The van der Waals surface area contributed by atoms with Crippen LogP contribution in [0.1, 0.15) is 33.6 Å². The quantitative estimate of drug-likeness (QED) is 0.697. The van der Waals surface area contributed by atoms with E-state index in [0.717, 1.165) is 19.0 Å². The number of nitrogens with zero attached hydrogens (tertiary/aromatic N) is 2. The number of likely N-dealkylation sites (tertiary alicyclic amines) is 1. The van der Waals surface area contributed by atoms with Crippen molar-refractivity contribution in [1.29, 1.82) is 0 Å². The van der Waals surface area contributed by atoms with Crippen LogP contribution < -0.4 is 5.32 Å². The summed E-state index contributed by atoms with van der Waals surface area (Å²) in [4.78, 5) is 5.11. The highest BCUT2D eigenvalue weighted by atomic mass is 15.2. The molecule has 1 fully saturated rings. The molecular formula is C14H31N3. The molecule has 0 aromatic heterocycles. The van der Waals surface area contributed by atoms with Gasteiger partial charge < -0.3 is 15.1 Å². The molecule has 0 aromatic rings. The summed E-state index contributed by atoms with van der Waals surface area (Å²) in [5, 5.41) is 3.44. The van der Waals surface area contributed by atoms with Crippen LogP contribution in [0.3, 0.4) is 0 Å². The fourth-order valence-electron chi connectivity index (χ4n) is 2.49. The first-order valence-electron chi connectivity index (χ1n) is 7.28. The molecule has 1 heterocycles. The molecule has 102 valence electrons. The Bertz CT molecular complexity index is 190. The van der Waals surface area contributed by atoms with Gasteiger partial charge in [0, 0.05) is 19.1 Å². The maximum atomic E-state index is 3.44. The largest absolute Gasteiger partial charge is 0.317 e. The molecule has 2 atom stereocenters. The molecule has 2 unspecified atom stereocenters. The van der Waals surface area contributed by atoms with Gasteiger partial charge in [0.2, 0.25) is 0 Å². The molecule has 0 aliphatic carbocycles. The molecule has 1 saturated heterocycles. The molecule has 0 radical (unpaired) electrons. The van der Waals surface area contributed by atoms with Gasteiger partial charge in [-0.3, -0.25) is 0 Å².